The molecule has 1 amide bonds. The number of nitrogen functional groups attached to an aromatic ring is 1. The van der Waals surface area contributed by atoms with Gasteiger partial charge in [0.15, 0.2) is 0 Å². The van der Waals surface area contributed by atoms with E-state index in [-0.39, 0.29) is 11.9 Å². The highest BCUT2D eigenvalue weighted by Gasteiger charge is 2.06. The van der Waals surface area contributed by atoms with Crippen molar-refractivity contribution in [1.29, 1.82) is 0 Å². The maximum atomic E-state index is 11.0. The van der Waals surface area contributed by atoms with Crippen molar-refractivity contribution in [2.45, 2.75) is 13.5 Å². The Hall–Kier alpha value is -3.61. The number of ether oxygens (including phenoxy) is 1. The quantitative estimate of drug-likeness (QED) is 0.630. The molecule has 132 valence electrons. The number of carbonyl (C=O) groups excluding carboxylic acids is 1. The fraction of sp³-hybridized carbons (Fsp3) is 0.105. The number of aromatic nitrogens is 2. The van der Waals surface area contributed by atoms with E-state index in [2.05, 4.69) is 20.6 Å². The van der Waals surface area contributed by atoms with Crippen molar-refractivity contribution >= 4 is 23.4 Å². The summed E-state index contributed by atoms with van der Waals surface area (Å²) in [6, 6.07) is 18.6. The van der Waals surface area contributed by atoms with Crippen LogP contribution in [0.2, 0.25) is 0 Å². The topological polar surface area (TPSA) is 102 Å². The molecule has 4 N–H and O–H groups in total. The number of nitrogens with one attached hydrogen (secondary N) is 2. The summed E-state index contributed by atoms with van der Waals surface area (Å²) in [5.74, 6) is 1.47. The minimum atomic E-state index is -0.128. The molecule has 26 heavy (non-hydrogen) atoms. The van der Waals surface area contributed by atoms with E-state index >= 15 is 0 Å². The van der Waals surface area contributed by atoms with E-state index < -0.39 is 0 Å². The van der Waals surface area contributed by atoms with Crippen LogP contribution < -0.4 is 21.1 Å². The van der Waals surface area contributed by atoms with Gasteiger partial charge in [-0.25, -0.2) is 0 Å². The van der Waals surface area contributed by atoms with Gasteiger partial charge in [-0.2, -0.15) is 9.97 Å². The van der Waals surface area contributed by atoms with E-state index in [0.717, 1.165) is 5.56 Å². The van der Waals surface area contributed by atoms with E-state index in [1.165, 1.54) is 6.92 Å². The fourth-order valence-electron chi connectivity index (χ4n) is 2.30. The lowest BCUT2D eigenvalue weighted by molar-refractivity contribution is -0.114. The molecular weight excluding hydrogens is 330 g/mol. The Morgan fingerprint density at radius 1 is 1.08 bits per heavy atom. The summed E-state index contributed by atoms with van der Waals surface area (Å²) in [5, 5.41) is 5.90. The van der Waals surface area contributed by atoms with Crippen molar-refractivity contribution in [3.05, 3.63) is 66.2 Å². The monoisotopic (exact) mass is 349 g/mol. The number of anilines is 3. The van der Waals surface area contributed by atoms with E-state index in [0.29, 0.717) is 29.7 Å². The van der Waals surface area contributed by atoms with Gasteiger partial charge in [0, 0.05) is 25.2 Å². The molecule has 2 aromatic carbocycles. The molecule has 7 nitrogen and oxygen atoms in total. The zero-order valence-corrected chi connectivity index (χ0v) is 14.3. The number of amides is 1. The number of hydrogen-bond donors (Lipinski definition) is 3. The van der Waals surface area contributed by atoms with Crippen LogP contribution in [0.15, 0.2) is 60.7 Å². The molecule has 0 aliphatic rings. The van der Waals surface area contributed by atoms with E-state index in [1.807, 2.05) is 30.3 Å². The summed E-state index contributed by atoms with van der Waals surface area (Å²) in [4.78, 5) is 19.3. The lowest BCUT2D eigenvalue weighted by atomic mass is 10.2. The maximum absolute atomic E-state index is 11.0. The Morgan fingerprint density at radius 2 is 1.81 bits per heavy atom. The van der Waals surface area contributed by atoms with Gasteiger partial charge in [-0.1, -0.05) is 30.3 Å². The van der Waals surface area contributed by atoms with Gasteiger partial charge in [-0.3, -0.25) is 4.79 Å². The van der Waals surface area contributed by atoms with Crippen LogP contribution in [-0.4, -0.2) is 15.9 Å². The number of rotatable bonds is 6. The smallest absolute Gasteiger partial charge is 0.226 e. The second-order valence-corrected chi connectivity index (χ2v) is 5.60. The highest BCUT2D eigenvalue weighted by molar-refractivity contribution is 5.88. The highest BCUT2D eigenvalue weighted by Crippen LogP contribution is 2.24. The van der Waals surface area contributed by atoms with Gasteiger partial charge in [0.1, 0.15) is 11.6 Å². The number of nitrogens with two attached hydrogens (primary N) is 1. The first-order chi connectivity index (χ1) is 12.6. The summed E-state index contributed by atoms with van der Waals surface area (Å²) in [5.41, 5.74) is 7.59. The van der Waals surface area contributed by atoms with E-state index in [1.54, 1.807) is 30.3 Å². The largest absolute Gasteiger partial charge is 0.439 e. The van der Waals surface area contributed by atoms with Crippen LogP contribution >= 0.6 is 0 Å². The highest BCUT2D eigenvalue weighted by atomic mass is 16.5. The SMILES string of the molecule is CC(=O)Nc1ccc(Oc2cc(NCc3ccccc3)nc(N)n2)cc1. The number of hydrogen-bond acceptors (Lipinski definition) is 6. The van der Waals surface area contributed by atoms with Crippen molar-refractivity contribution in [3.63, 3.8) is 0 Å². The molecular formula is C19H19N5O2. The van der Waals surface area contributed by atoms with Crippen molar-refractivity contribution in [1.82, 2.24) is 9.97 Å². The summed E-state index contributed by atoms with van der Waals surface area (Å²) >= 11 is 0. The van der Waals surface area contributed by atoms with Crippen LogP contribution in [0.1, 0.15) is 12.5 Å². The Kier molecular flexibility index (Phi) is 5.28. The summed E-state index contributed by atoms with van der Waals surface area (Å²) < 4.78 is 5.73. The van der Waals surface area contributed by atoms with Crippen LogP contribution in [0.5, 0.6) is 11.6 Å². The zero-order valence-electron chi connectivity index (χ0n) is 14.3. The Labute approximate surface area is 151 Å². The molecule has 0 saturated carbocycles. The Balaban J connectivity index is 1.68. The van der Waals surface area contributed by atoms with Crippen LogP contribution in [0.25, 0.3) is 0 Å². The van der Waals surface area contributed by atoms with Crippen molar-refractivity contribution in [2.75, 3.05) is 16.4 Å². The number of nitrogens with zero attached hydrogens (tertiary/aromatic N) is 2. The van der Waals surface area contributed by atoms with Gasteiger partial charge in [0.2, 0.25) is 17.7 Å². The lowest BCUT2D eigenvalue weighted by Gasteiger charge is -2.10. The molecule has 0 aliphatic carbocycles. The molecule has 0 fully saturated rings. The number of carbonyl (C=O) groups is 1. The molecule has 0 saturated heterocycles. The molecule has 0 atom stereocenters. The molecule has 0 radical (unpaired) electrons. The predicted molar refractivity (Wildman–Crippen MR) is 101 cm³/mol. The first-order valence-corrected chi connectivity index (χ1v) is 8.06. The number of benzene rings is 2. The van der Waals surface area contributed by atoms with Crippen LogP contribution in [-0.2, 0) is 11.3 Å². The minimum Gasteiger partial charge on any atom is -0.439 e. The van der Waals surface area contributed by atoms with Crippen LogP contribution in [0.4, 0.5) is 17.5 Å². The standard InChI is InChI=1S/C19H19N5O2/c1-13(25)22-15-7-9-16(10-8-15)26-18-11-17(23-19(20)24-18)21-12-14-5-3-2-4-6-14/h2-11H,12H2,1H3,(H,22,25)(H3,20,21,23,24). The van der Waals surface area contributed by atoms with Crippen LogP contribution in [0.3, 0.4) is 0 Å². The van der Waals surface area contributed by atoms with Gasteiger partial charge in [-0.05, 0) is 29.8 Å². The minimum absolute atomic E-state index is 0.118. The second-order valence-electron chi connectivity index (χ2n) is 5.60. The fourth-order valence-corrected chi connectivity index (χ4v) is 2.30. The Morgan fingerprint density at radius 3 is 2.50 bits per heavy atom. The molecule has 0 bridgehead atoms. The third-order valence-electron chi connectivity index (χ3n) is 3.43. The summed E-state index contributed by atoms with van der Waals surface area (Å²) in [6.45, 7) is 2.07. The maximum Gasteiger partial charge on any atom is 0.226 e. The molecule has 0 spiro atoms. The first kappa shape index (κ1) is 17.2. The normalized spacial score (nSPS) is 10.2. The average Bonchev–Trinajstić information content (AvgIpc) is 2.62. The van der Waals surface area contributed by atoms with Crippen molar-refractivity contribution in [3.8, 4) is 11.6 Å². The third-order valence-corrected chi connectivity index (χ3v) is 3.43. The molecule has 0 unspecified atom stereocenters. The van der Waals surface area contributed by atoms with Gasteiger partial charge >= 0.3 is 0 Å². The lowest BCUT2D eigenvalue weighted by Crippen LogP contribution is -2.06. The van der Waals surface area contributed by atoms with Gasteiger partial charge in [0.25, 0.3) is 0 Å². The molecule has 0 aliphatic heterocycles. The Bertz CT molecular complexity index is 882. The van der Waals surface area contributed by atoms with Gasteiger partial charge in [-0.15, -0.1) is 0 Å². The van der Waals surface area contributed by atoms with E-state index in [9.17, 15) is 4.79 Å². The predicted octanol–water partition coefficient (Wildman–Crippen LogP) is 3.42. The van der Waals surface area contributed by atoms with E-state index in [4.69, 9.17) is 10.5 Å². The molecule has 1 heterocycles. The van der Waals surface area contributed by atoms with Crippen molar-refractivity contribution in [2.24, 2.45) is 0 Å². The molecule has 7 heteroatoms. The third kappa shape index (κ3) is 4.94. The van der Waals surface area contributed by atoms with Gasteiger partial charge in [0.05, 0.1) is 0 Å². The summed E-state index contributed by atoms with van der Waals surface area (Å²) in [7, 11) is 0. The zero-order chi connectivity index (χ0) is 18.4. The van der Waals surface area contributed by atoms with Crippen LogP contribution in [0, 0.1) is 0 Å². The van der Waals surface area contributed by atoms with Crippen molar-refractivity contribution < 1.29 is 9.53 Å². The summed E-state index contributed by atoms with van der Waals surface area (Å²) in [6.07, 6.45) is 0. The molecule has 1 aromatic heterocycles. The average molecular weight is 349 g/mol. The molecule has 3 aromatic rings. The first-order valence-electron chi connectivity index (χ1n) is 8.06. The molecule has 3 rings (SSSR count). The van der Waals surface area contributed by atoms with Gasteiger partial charge < -0.3 is 21.1 Å². The second kappa shape index (κ2) is 7.98.